The van der Waals surface area contributed by atoms with Crippen LogP contribution < -0.4 is 10.0 Å². The van der Waals surface area contributed by atoms with Crippen LogP contribution >= 0.6 is 0 Å². The number of nitrogens with one attached hydrogen (secondary N) is 2. The SMILES string of the molecule is CNCc1cccc(S(=O)(=O)NCC2CCOC2)c1. The van der Waals surface area contributed by atoms with Gasteiger partial charge in [-0.1, -0.05) is 12.1 Å². The third kappa shape index (κ3) is 4.01. The maximum atomic E-state index is 12.2. The summed E-state index contributed by atoms with van der Waals surface area (Å²) in [4.78, 5) is 0.319. The number of hydrogen-bond acceptors (Lipinski definition) is 4. The standard InChI is InChI=1S/C13H20N2O3S/c1-14-8-11-3-2-4-13(7-11)19(16,17)15-9-12-5-6-18-10-12/h2-4,7,12,14-15H,5-6,8-10H2,1H3. The van der Waals surface area contributed by atoms with Gasteiger partial charge in [-0.25, -0.2) is 13.1 Å². The molecule has 2 rings (SSSR count). The molecule has 1 heterocycles. The van der Waals surface area contributed by atoms with E-state index in [4.69, 9.17) is 4.74 Å². The highest BCUT2D eigenvalue weighted by atomic mass is 32.2. The summed E-state index contributed by atoms with van der Waals surface area (Å²) in [6, 6.07) is 6.98. The minimum Gasteiger partial charge on any atom is -0.381 e. The van der Waals surface area contributed by atoms with Crippen molar-refractivity contribution in [3.8, 4) is 0 Å². The van der Waals surface area contributed by atoms with Crippen LogP contribution in [0.4, 0.5) is 0 Å². The van der Waals surface area contributed by atoms with E-state index in [0.29, 0.717) is 24.6 Å². The predicted octanol–water partition coefficient (Wildman–Crippen LogP) is 0.721. The van der Waals surface area contributed by atoms with Gasteiger partial charge in [0, 0.05) is 19.7 Å². The molecule has 19 heavy (non-hydrogen) atoms. The van der Waals surface area contributed by atoms with E-state index in [-0.39, 0.29) is 5.92 Å². The Kier molecular flexibility index (Phi) is 4.93. The van der Waals surface area contributed by atoms with Gasteiger partial charge in [0.15, 0.2) is 0 Å². The summed E-state index contributed by atoms with van der Waals surface area (Å²) in [5, 5.41) is 3.01. The second-order valence-corrected chi connectivity index (χ2v) is 6.53. The highest BCUT2D eigenvalue weighted by Crippen LogP contribution is 2.14. The first-order valence-electron chi connectivity index (χ1n) is 6.43. The molecule has 0 aromatic heterocycles. The molecule has 1 atom stereocenters. The fraction of sp³-hybridized carbons (Fsp3) is 0.538. The molecule has 0 spiro atoms. The lowest BCUT2D eigenvalue weighted by atomic mass is 10.1. The topological polar surface area (TPSA) is 67.4 Å². The van der Waals surface area contributed by atoms with Crippen molar-refractivity contribution in [2.45, 2.75) is 17.9 Å². The number of rotatable bonds is 6. The number of benzene rings is 1. The van der Waals surface area contributed by atoms with Gasteiger partial charge in [-0.3, -0.25) is 0 Å². The van der Waals surface area contributed by atoms with Gasteiger partial charge in [-0.15, -0.1) is 0 Å². The summed E-state index contributed by atoms with van der Waals surface area (Å²) < 4.78 is 32.2. The van der Waals surface area contributed by atoms with Gasteiger partial charge in [0.2, 0.25) is 10.0 Å². The lowest BCUT2D eigenvalue weighted by Gasteiger charge is -2.11. The predicted molar refractivity (Wildman–Crippen MR) is 73.3 cm³/mol. The third-order valence-electron chi connectivity index (χ3n) is 3.18. The van der Waals surface area contributed by atoms with Gasteiger partial charge >= 0.3 is 0 Å². The van der Waals surface area contributed by atoms with Crippen LogP contribution in [0, 0.1) is 5.92 Å². The first-order valence-corrected chi connectivity index (χ1v) is 7.91. The Morgan fingerprint density at radius 3 is 2.95 bits per heavy atom. The first-order chi connectivity index (χ1) is 9.12. The highest BCUT2D eigenvalue weighted by molar-refractivity contribution is 7.89. The molecule has 1 aliphatic heterocycles. The molecule has 0 aliphatic carbocycles. The van der Waals surface area contributed by atoms with Gasteiger partial charge in [-0.05, 0) is 37.1 Å². The quantitative estimate of drug-likeness (QED) is 0.808. The first kappa shape index (κ1) is 14.5. The van der Waals surface area contributed by atoms with Crippen molar-refractivity contribution < 1.29 is 13.2 Å². The fourth-order valence-corrected chi connectivity index (χ4v) is 3.27. The molecule has 106 valence electrons. The van der Waals surface area contributed by atoms with Crippen LogP contribution in [-0.4, -0.2) is 35.2 Å². The molecule has 6 heteroatoms. The van der Waals surface area contributed by atoms with Crippen LogP contribution in [0.1, 0.15) is 12.0 Å². The summed E-state index contributed by atoms with van der Waals surface area (Å²) in [5.41, 5.74) is 0.953. The fourth-order valence-electron chi connectivity index (χ4n) is 2.08. The molecule has 1 fully saturated rings. The van der Waals surface area contributed by atoms with E-state index in [1.165, 1.54) is 0 Å². The number of sulfonamides is 1. The van der Waals surface area contributed by atoms with Crippen LogP contribution in [0.25, 0.3) is 0 Å². The summed E-state index contributed by atoms with van der Waals surface area (Å²) in [6.45, 7) is 2.46. The highest BCUT2D eigenvalue weighted by Gasteiger charge is 2.20. The molecule has 5 nitrogen and oxygen atoms in total. The van der Waals surface area contributed by atoms with Crippen molar-refractivity contribution in [2.24, 2.45) is 5.92 Å². The molecule has 0 saturated carbocycles. The van der Waals surface area contributed by atoms with Crippen molar-refractivity contribution >= 4 is 10.0 Å². The van der Waals surface area contributed by atoms with Crippen LogP contribution in [0.15, 0.2) is 29.2 Å². The van der Waals surface area contributed by atoms with Crippen molar-refractivity contribution in [3.63, 3.8) is 0 Å². The van der Waals surface area contributed by atoms with Gasteiger partial charge in [0.25, 0.3) is 0 Å². The lowest BCUT2D eigenvalue weighted by Crippen LogP contribution is -2.29. The average Bonchev–Trinajstić information content (AvgIpc) is 2.90. The second-order valence-electron chi connectivity index (χ2n) is 4.76. The molecule has 1 saturated heterocycles. The number of ether oxygens (including phenoxy) is 1. The Bertz CT molecular complexity index is 510. The lowest BCUT2D eigenvalue weighted by molar-refractivity contribution is 0.186. The Hall–Kier alpha value is -0.950. The van der Waals surface area contributed by atoms with Gasteiger partial charge < -0.3 is 10.1 Å². The maximum absolute atomic E-state index is 12.2. The minimum absolute atomic E-state index is 0.287. The van der Waals surface area contributed by atoms with E-state index >= 15 is 0 Å². The molecule has 1 aliphatic rings. The normalized spacial score (nSPS) is 19.7. The average molecular weight is 284 g/mol. The van der Waals surface area contributed by atoms with Crippen molar-refractivity contribution in [2.75, 3.05) is 26.8 Å². The maximum Gasteiger partial charge on any atom is 0.240 e. The summed E-state index contributed by atoms with van der Waals surface area (Å²) in [7, 11) is -1.59. The van der Waals surface area contributed by atoms with Crippen molar-refractivity contribution in [1.29, 1.82) is 0 Å². The molecule has 1 unspecified atom stereocenters. The molecule has 1 aromatic carbocycles. The van der Waals surface area contributed by atoms with E-state index in [9.17, 15) is 8.42 Å². The van der Waals surface area contributed by atoms with E-state index in [0.717, 1.165) is 18.6 Å². The zero-order valence-electron chi connectivity index (χ0n) is 11.1. The Morgan fingerprint density at radius 2 is 2.26 bits per heavy atom. The van der Waals surface area contributed by atoms with E-state index in [1.54, 1.807) is 18.2 Å². The van der Waals surface area contributed by atoms with Crippen LogP contribution in [0.3, 0.4) is 0 Å². The molecular weight excluding hydrogens is 264 g/mol. The Labute approximate surface area is 114 Å². The molecular formula is C13H20N2O3S. The third-order valence-corrected chi connectivity index (χ3v) is 4.60. The van der Waals surface area contributed by atoms with Gasteiger partial charge in [0.05, 0.1) is 11.5 Å². The molecule has 0 bridgehead atoms. The summed E-state index contributed by atoms with van der Waals surface area (Å²) in [6.07, 6.45) is 0.919. The summed E-state index contributed by atoms with van der Waals surface area (Å²) in [5.74, 6) is 0.287. The Balaban J connectivity index is 2.03. The van der Waals surface area contributed by atoms with Crippen LogP contribution in [0.5, 0.6) is 0 Å². The molecule has 0 radical (unpaired) electrons. The van der Waals surface area contributed by atoms with E-state index in [1.807, 2.05) is 13.1 Å². The van der Waals surface area contributed by atoms with E-state index < -0.39 is 10.0 Å². The molecule has 2 N–H and O–H groups in total. The van der Waals surface area contributed by atoms with Crippen LogP contribution in [0.2, 0.25) is 0 Å². The van der Waals surface area contributed by atoms with Gasteiger partial charge in [-0.2, -0.15) is 0 Å². The summed E-state index contributed by atoms with van der Waals surface area (Å²) >= 11 is 0. The smallest absolute Gasteiger partial charge is 0.240 e. The van der Waals surface area contributed by atoms with Crippen LogP contribution in [-0.2, 0) is 21.3 Å². The van der Waals surface area contributed by atoms with Gasteiger partial charge in [0.1, 0.15) is 0 Å². The largest absolute Gasteiger partial charge is 0.381 e. The van der Waals surface area contributed by atoms with E-state index in [2.05, 4.69) is 10.0 Å². The van der Waals surface area contributed by atoms with Crippen molar-refractivity contribution in [1.82, 2.24) is 10.0 Å². The molecule has 0 amide bonds. The molecule has 1 aromatic rings. The Morgan fingerprint density at radius 1 is 1.42 bits per heavy atom. The monoisotopic (exact) mass is 284 g/mol. The number of hydrogen-bond donors (Lipinski definition) is 2. The van der Waals surface area contributed by atoms with Crippen molar-refractivity contribution in [3.05, 3.63) is 29.8 Å². The zero-order valence-corrected chi connectivity index (χ0v) is 11.9. The minimum atomic E-state index is -3.42. The second kappa shape index (κ2) is 6.47. The zero-order chi connectivity index (χ0) is 13.7.